The number of nitrogens with zero attached hydrogens (tertiary/aromatic N) is 4. The molecular formula is C12H12F3N5O2. The van der Waals surface area contributed by atoms with Gasteiger partial charge in [0, 0.05) is 18.8 Å². The lowest BCUT2D eigenvalue weighted by Gasteiger charge is -2.06. The van der Waals surface area contributed by atoms with Crippen molar-refractivity contribution in [2.45, 2.75) is 19.6 Å². The van der Waals surface area contributed by atoms with Crippen LogP contribution < -0.4 is 10.9 Å². The zero-order chi connectivity index (χ0) is 16.5. The molecule has 0 spiro atoms. The van der Waals surface area contributed by atoms with E-state index in [1.54, 1.807) is 0 Å². The summed E-state index contributed by atoms with van der Waals surface area (Å²) in [5.41, 5.74) is -1.25. The number of amides is 1. The van der Waals surface area contributed by atoms with Gasteiger partial charge in [0.1, 0.15) is 12.4 Å². The van der Waals surface area contributed by atoms with Gasteiger partial charge in [-0.15, -0.1) is 0 Å². The molecule has 0 aliphatic heterocycles. The highest BCUT2D eigenvalue weighted by molar-refractivity contribution is 5.89. The molecule has 2 heterocycles. The van der Waals surface area contributed by atoms with Crippen molar-refractivity contribution in [2.24, 2.45) is 7.05 Å². The number of anilines is 1. The van der Waals surface area contributed by atoms with Crippen LogP contribution in [0.1, 0.15) is 11.4 Å². The first-order chi connectivity index (χ1) is 10.2. The third kappa shape index (κ3) is 3.51. The Hall–Kier alpha value is -2.65. The standard InChI is InChI=1S/C12H12F3N5O2/c1-7-3-8(12(13,14)15)18-20(7)5-10(21)17-9-4-11(22)19(2)6-16-9/h3-4,6H,5H2,1-2H3,(H,17,21). The molecule has 118 valence electrons. The second-order valence-corrected chi connectivity index (χ2v) is 4.60. The van der Waals surface area contributed by atoms with Crippen molar-refractivity contribution in [2.75, 3.05) is 5.32 Å². The maximum absolute atomic E-state index is 12.5. The van der Waals surface area contributed by atoms with Gasteiger partial charge in [0.05, 0.1) is 6.33 Å². The summed E-state index contributed by atoms with van der Waals surface area (Å²) in [6.07, 6.45) is -3.35. The molecule has 1 amide bonds. The maximum Gasteiger partial charge on any atom is 0.435 e. The number of rotatable bonds is 3. The minimum atomic E-state index is -4.57. The average molecular weight is 315 g/mol. The van der Waals surface area contributed by atoms with Crippen LogP contribution in [0.15, 0.2) is 23.3 Å². The number of aromatic nitrogens is 4. The quantitative estimate of drug-likeness (QED) is 0.914. The summed E-state index contributed by atoms with van der Waals surface area (Å²) < 4.78 is 39.7. The van der Waals surface area contributed by atoms with Crippen LogP contribution in [0.5, 0.6) is 0 Å². The summed E-state index contributed by atoms with van der Waals surface area (Å²) in [5.74, 6) is -0.616. The number of carbonyl (C=O) groups is 1. The molecule has 7 nitrogen and oxygen atoms in total. The molecule has 2 aromatic rings. The summed E-state index contributed by atoms with van der Waals surface area (Å²) in [4.78, 5) is 27.0. The Labute approximate surface area is 122 Å². The van der Waals surface area contributed by atoms with Crippen LogP contribution in [0, 0.1) is 6.92 Å². The molecule has 0 fully saturated rings. The van der Waals surface area contributed by atoms with E-state index in [9.17, 15) is 22.8 Å². The number of hydrogen-bond donors (Lipinski definition) is 1. The molecule has 0 atom stereocenters. The van der Waals surface area contributed by atoms with E-state index >= 15 is 0 Å². The fourth-order valence-corrected chi connectivity index (χ4v) is 1.66. The average Bonchev–Trinajstić information content (AvgIpc) is 2.75. The minimum Gasteiger partial charge on any atom is -0.309 e. The molecule has 10 heteroatoms. The summed E-state index contributed by atoms with van der Waals surface area (Å²) >= 11 is 0. The Balaban J connectivity index is 2.10. The van der Waals surface area contributed by atoms with E-state index in [-0.39, 0.29) is 17.1 Å². The molecule has 0 saturated heterocycles. The van der Waals surface area contributed by atoms with Gasteiger partial charge in [-0.3, -0.25) is 14.3 Å². The van der Waals surface area contributed by atoms with Crippen LogP contribution in [-0.2, 0) is 24.6 Å². The van der Waals surface area contributed by atoms with Gasteiger partial charge in [-0.1, -0.05) is 0 Å². The summed E-state index contributed by atoms with van der Waals surface area (Å²) in [6, 6.07) is 1.96. The third-order valence-electron chi connectivity index (χ3n) is 2.81. The lowest BCUT2D eigenvalue weighted by molar-refractivity contribution is -0.141. The monoisotopic (exact) mass is 315 g/mol. The predicted octanol–water partition coefficient (Wildman–Crippen LogP) is 0.943. The van der Waals surface area contributed by atoms with Crippen molar-refractivity contribution in [3.05, 3.63) is 40.2 Å². The Morgan fingerprint density at radius 1 is 1.36 bits per heavy atom. The van der Waals surface area contributed by atoms with Gasteiger partial charge in [-0.2, -0.15) is 18.3 Å². The Bertz CT molecular complexity index is 763. The van der Waals surface area contributed by atoms with Gasteiger partial charge in [0.15, 0.2) is 5.69 Å². The summed E-state index contributed by atoms with van der Waals surface area (Å²) in [7, 11) is 1.49. The largest absolute Gasteiger partial charge is 0.435 e. The van der Waals surface area contributed by atoms with Crippen LogP contribution in [0.3, 0.4) is 0 Å². The van der Waals surface area contributed by atoms with E-state index in [1.165, 1.54) is 24.9 Å². The molecule has 2 rings (SSSR count). The van der Waals surface area contributed by atoms with Crippen molar-refractivity contribution in [1.29, 1.82) is 0 Å². The molecule has 0 unspecified atom stereocenters. The van der Waals surface area contributed by atoms with Crippen LogP contribution in [0.4, 0.5) is 19.0 Å². The van der Waals surface area contributed by atoms with Gasteiger partial charge >= 0.3 is 6.18 Å². The molecule has 0 bridgehead atoms. The number of halogens is 3. The molecule has 0 aromatic carbocycles. The van der Waals surface area contributed by atoms with Crippen molar-refractivity contribution in [3.8, 4) is 0 Å². The number of nitrogens with one attached hydrogen (secondary N) is 1. The molecule has 0 radical (unpaired) electrons. The number of aryl methyl sites for hydroxylation is 2. The van der Waals surface area contributed by atoms with Crippen LogP contribution in [0.25, 0.3) is 0 Å². The van der Waals surface area contributed by atoms with Crippen LogP contribution in [0.2, 0.25) is 0 Å². The zero-order valence-electron chi connectivity index (χ0n) is 11.7. The molecule has 1 N–H and O–H groups in total. The van der Waals surface area contributed by atoms with E-state index in [0.29, 0.717) is 0 Å². The molecule has 22 heavy (non-hydrogen) atoms. The number of carbonyl (C=O) groups excluding carboxylic acids is 1. The molecule has 0 aliphatic carbocycles. The fraction of sp³-hybridized carbons (Fsp3) is 0.333. The lowest BCUT2D eigenvalue weighted by atomic mass is 10.3. The second kappa shape index (κ2) is 5.62. The summed E-state index contributed by atoms with van der Waals surface area (Å²) in [5, 5.41) is 5.67. The van der Waals surface area contributed by atoms with Crippen molar-refractivity contribution < 1.29 is 18.0 Å². The first-order valence-electron chi connectivity index (χ1n) is 6.11. The molecule has 0 aliphatic rings. The van der Waals surface area contributed by atoms with Gasteiger partial charge < -0.3 is 9.88 Å². The van der Waals surface area contributed by atoms with Crippen LogP contribution >= 0.6 is 0 Å². The van der Waals surface area contributed by atoms with E-state index < -0.39 is 24.3 Å². The smallest absolute Gasteiger partial charge is 0.309 e. The highest BCUT2D eigenvalue weighted by Crippen LogP contribution is 2.28. The van der Waals surface area contributed by atoms with Crippen molar-refractivity contribution in [1.82, 2.24) is 19.3 Å². The maximum atomic E-state index is 12.5. The first kappa shape index (κ1) is 15.7. The normalized spacial score (nSPS) is 11.5. The Morgan fingerprint density at radius 3 is 2.59 bits per heavy atom. The van der Waals surface area contributed by atoms with Gasteiger partial charge in [-0.05, 0) is 13.0 Å². The highest BCUT2D eigenvalue weighted by atomic mass is 19.4. The van der Waals surface area contributed by atoms with Crippen molar-refractivity contribution in [3.63, 3.8) is 0 Å². The van der Waals surface area contributed by atoms with E-state index in [4.69, 9.17) is 0 Å². The van der Waals surface area contributed by atoms with Crippen molar-refractivity contribution >= 4 is 11.7 Å². The van der Waals surface area contributed by atoms with Crippen LogP contribution in [-0.4, -0.2) is 25.2 Å². The first-order valence-corrected chi connectivity index (χ1v) is 6.11. The fourth-order valence-electron chi connectivity index (χ4n) is 1.66. The lowest BCUT2D eigenvalue weighted by Crippen LogP contribution is -2.23. The Kier molecular flexibility index (Phi) is 4.02. The second-order valence-electron chi connectivity index (χ2n) is 4.60. The van der Waals surface area contributed by atoms with Gasteiger partial charge in [0.25, 0.3) is 5.56 Å². The number of alkyl halides is 3. The minimum absolute atomic E-state index is 0.0222. The topological polar surface area (TPSA) is 81.8 Å². The summed E-state index contributed by atoms with van der Waals surface area (Å²) in [6.45, 7) is 0.991. The Morgan fingerprint density at radius 2 is 2.05 bits per heavy atom. The molecular weight excluding hydrogens is 303 g/mol. The number of hydrogen-bond acceptors (Lipinski definition) is 4. The molecule has 2 aromatic heterocycles. The third-order valence-corrected chi connectivity index (χ3v) is 2.81. The predicted molar refractivity (Wildman–Crippen MR) is 70.1 cm³/mol. The van der Waals surface area contributed by atoms with Gasteiger partial charge in [-0.25, -0.2) is 4.98 Å². The highest BCUT2D eigenvalue weighted by Gasteiger charge is 2.34. The SMILES string of the molecule is Cc1cc(C(F)(F)F)nn1CC(=O)Nc1cc(=O)n(C)cn1. The zero-order valence-corrected chi connectivity index (χ0v) is 11.7. The van der Waals surface area contributed by atoms with Gasteiger partial charge in [0.2, 0.25) is 5.91 Å². The van der Waals surface area contributed by atoms with E-state index in [1.807, 2.05) is 0 Å². The molecule has 0 saturated carbocycles. The van der Waals surface area contributed by atoms with E-state index in [2.05, 4.69) is 15.4 Å². The van der Waals surface area contributed by atoms with E-state index in [0.717, 1.165) is 16.8 Å².